The smallest absolute Gasteiger partial charge is 0.317 e. The maximum Gasteiger partial charge on any atom is 0.317 e. The molecule has 0 aromatic rings. The molecule has 0 rings (SSSR count). The standard InChI is InChI=1S/C18H34N4O12/c19-1-3-33-9-11(20)17(31)18(32)12(22(7-15(27)28)8-16(29)30)10-34-4-2-21(5-13(23)24)6-14(25)26/h11-12,17-18,31-32H,1-10,19-20H2,(H,23,24)(H,25,26)(H,27,28)(H,29,30). The van der Waals surface area contributed by atoms with E-state index in [0.717, 1.165) is 9.80 Å². The Bertz CT molecular complexity index is 620. The van der Waals surface area contributed by atoms with Gasteiger partial charge in [0.2, 0.25) is 0 Å². The largest absolute Gasteiger partial charge is 0.480 e. The summed E-state index contributed by atoms with van der Waals surface area (Å²) in [4.78, 5) is 46.1. The number of aliphatic hydroxyl groups is 2. The number of carboxylic acid groups (broad SMARTS) is 4. The lowest BCUT2D eigenvalue weighted by molar-refractivity contribution is -0.147. The van der Waals surface area contributed by atoms with Crippen molar-refractivity contribution in [3.8, 4) is 0 Å². The summed E-state index contributed by atoms with van der Waals surface area (Å²) in [5.41, 5.74) is 11.1. The zero-order chi connectivity index (χ0) is 26.3. The number of rotatable bonds is 21. The molecule has 4 unspecified atom stereocenters. The molecular formula is C18H34N4O12. The minimum Gasteiger partial charge on any atom is -0.480 e. The highest BCUT2D eigenvalue weighted by Gasteiger charge is 2.36. The van der Waals surface area contributed by atoms with Gasteiger partial charge in [-0.3, -0.25) is 29.0 Å². The third-order valence-electron chi connectivity index (χ3n) is 4.46. The van der Waals surface area contributed by atoms with Gasteiger partial charge in [-0.2, -0.15) is 0 Å². The second-order valence-corrected chi connectivity index (χ2v) is 7.34. The van der Waals surface area contributed by atoms with E-state index >= 15 is 0 Å². The molecular weight excluding hydrogens is 464 g/mol. The van der Waals surface area contributed by atoms with Crippen molar-refractivity contribution in [2.75, 3.05) is 65.7 Å². The first kappa shape index (κ1) is 31.6. The molecule has 34 heavy (non-hydrogen) atoms. The molecule has 0 aliphatic carbocycles. The summed E-state index contributed by atoms with van der Waals surface area (Å²) in [7, 11) is 0. The molecule has 0 amide bonds. The summed E-state index contributed by atoms with van der Waals surface area (Å²) in [5.74, 6) is -5.34. The summed E-state index contributed by atoms with van der Waals surface area (Å²) >= 11 is 0. The summed E-state index contributed by atoms with van der Waals surface area (Å²) in [6, 6.07) is -2.47. The van der Waals surface area contributed by atoms with Crippen LogP contribution in [0.3, 0.4) is 0 Å². The van der Waals surface area contributed by atoms with Crippen molar-refractivity contribution in [2.24, 2.45) is 11.5 Å². The minimum absolute atomic E-state index is 0.135. The number of aliphatic hydroxyl groups excluding tert-OH is 2. The van der Waals surface area contributed by atoms with Crippen LogP contribution in [0.25, 0.3) is 0 Å². The highest BCUT2D eigenvalue weighted by Crippen LogP contribution is 2.13. The molecule has 4 atom stereocenters. The van der Waals surface area contributed by atoms with Gasteiger partial charge in [-0.15, -0.1) is 0 Å². The number of nitrogens with zero attached hydrogens (tertiary/aromatic N) is 2. The number of hydrogen-bond acceptors (Lipinski definition) is 12. The molecule has 16 heteroatoms. The Kier molecular flexibility index (Phi) is 15.8. The molecule has 0 bridgehead atoms. The quantitative estimate of drug-likeness (QED) is 0.0691. The van der Waals surface area contributed by atoms with E-state index in [2.05, 4.69) is 0 Å². The van der Waals surface area contributed by atoms with Crippen LogP contribution in [0.1, 0.15) is 0 Å². The first-order valence-electron chi connectivity index (χ1n) is 10.2. The average molecular weight is 498 g/mol. The molecule has 0 spiro atoms. The van der Waals surface area contributed by atoms with Gasteiger partial charge in [0, 0.05) is 13.1 Å². The van der Waals surface area contributed by atoms with Gasteiger partial charge in [0.05, 0.1) is 76.9 Å². The van der Waals surface area contributed by atoms with Gasteiger partial charge >= 0.3 is 23.9 Å². The van der Waals surface area contributed by atoms with Gasteiger partial charge in [0.15, 0.2) is 0 Å². The van der Waals surface area contributed by atoms with Crippen LogP contribution in [0.15, 0.2) is 0 Å². The van der Waals surface area contributed by atoms with E-state index in [1.165, 1.54) is 0 Å². The van der Waals surface area contributed by atoms with Crippen LogP contribution in [-0.4, -0.2) is 154 Å². The molecule has 0 aliphatic heterocycles. The Labute approximate surface area is 195 Å². The second-order valence-electron chi connectivity index (χ2n) is 7.34. The molecule has 0 fully saturated rings. The first-order chi connectivity index (χ1) is 15.9. The lowest BCUT2D eigenvalue weighted by Gasteiger charge is -2.36. The number of carbonyl (C=O) groups is 4. The highest BCUT2D eigenvalue weighted by atomic mass is 16.5. The fourth-order valence-electron chi connectivity index (χ4n) is 2.93. The molecule has 0 aromatic heterocycles. The summed E-state index contributed by atoms with van der Waals surface area (Å²) < 4.78 is 10.5. The Morgan fingerprint density at radius 3 is 1.65 bits per heavy atom. The lowest BCUT2D eigenvalue weighted by atomic mass is 9.99. The Morgan fingerprint density at radius 2 is 1.21 bits per heavy atom. The van der Waals surface area contributed by atoms with E-state index in [9.17, 15) is 29.4 Å². The zero-order valence-corrected chi connectivity index (χ0v) is 18.6. The van der Waals surface area contributed by atoms with Crippen molar-refractivity contribution in [2.45, 2.75) is 24.3 Å². The molecule has 0 radical (unpaired) electrons. The van der Waals surface area contributed by atoms with Crippen LogP contribution >= 0.6 is 0 Å². The second kappa shape index (κ2) is 17.1. The van der Waals surface area contributed by atoms with Crippen molar-refractivity contribution >= 4 is 23.9 Å². The zero-order valence-electron chi connectivity index (χ0n) is 18.6. The molecule has 16 nitrogen and oxygen atoms in total. The molecule has 10 N–H and O–H groups in total. The van der Waals surface area contributed by atoms with E-state index in [4.69, 9.17) is 41.4 Å². The van der Waals surface area contributed by atoms with Crippen molar-refractivity contribution in [3.05, 3.63) is 0 Å². The molecule has 0 saturated heterocycles. The van der Waals surface area contributed by atoms with E-state index in [1.807, 2.05) is 0 Å². The van der Waals surface area contributed by atoms with Crippen LogP contribution in [0.5, 0.6) is 0 Å². The third-order valence-corrected chi connectivity index (χ3v) is 4.46. The van der Waals surface area contributed by atoms with Crippen molar-refractivity contribution in [3.63, 3.8) is 0 Å². The van der Waals surface area contributed by atoms with Crippen LogP contribution in [0.2, 0.25) is 0 Å². The number of hydrogen-bond donors (Lipinski definition) is 8. The Morgan fingerprint density at radius 1 is 0.735 bits per heavy atom. The maximum atomic E-state index is 11.2. The summed E-state index contributed by atoms with van der Waals surface area (Å²) in [6.07, 6.45) is -3.42. The van der Waals surface area contributed by atoms with E-state index in [0.29, 0.717) is 0 Å². The minimum atomic E-state index is -1.76. The molecule has 0 aliphatic rings. The van der Waals surface area contributed by atoms with Crippen molar-refractivity contribution in [1.29, 1.82) is 0 Å². The van der Waals surface area contributed by atoms with Gasteiger partial charge < -0.3 is 51.6 Å². The van der Waals surface area contributed by atoms with Gasteiger partial charge in [-0.1, -0.05) is 0 Å². The lowest BCUT2D eigenvalue weighted by Crippen LogP contribution is -2.58. The average Bonchev–Trinajstić information content (AvgIpc) is 2.70. The third kappa shape index (κ3) is 14.0. The van der Waals surface area contributed by atoms with Crippen LogP contribution < -0.4 is 11.5 Å². The van der Waals surface area contributed by atoms with Gasteiger partial charge in [-0.05, 0) is 0 Å². The molecule has 0 heterocycles. The summed E-state index contributed by atoms with van der Waals surface area (Å²) in [6.45, 7) is -3.52. The van der Waals surface area contributed by atoms with E-state index in [1.54, 1.807) is 0 Å². The van der Waals surface area contributed by atoms with Crippen LogP contribution in [-0.2, 0) is 28.7 Å². The van der Waals surface area contributed by atoms with Crippen molar-refractivity contribution in [1.82, 2.24) is 9.80 Å². The van der Waals surface area contributed by atoms with E-state index in [-0.39, 0.29) is 32.9 Å². The molecule has 198 valence electrons. The number of nitrogens with two attached hydrogens (primary N) is 2. The SMILES string of the molecule is NCCOCC(N)C(O)C(O)C(COCCN(CC(=O)O)CC(=O)O)N(CC(=O)O)CC(=O)O. The molecule has 0 aromatic carbocycles. The van der Waals surface area contributed by atoms with E-state index < -0.39 is 81.0 Å². The summed E-state index contributed by atoms with van der Waals surface area (Å²) in [5, 5.41) is 57.1. The highest BCUT2D eigenvalue weighted by molar-refractivity contribution is 5.73. The Hall–Kier alpha value is -2.44. The normalized spacial score (nSPS) is 15.1. The predicted octanol–water partition coefficient (Wildman–Crippen LogP) is -4.66. The predicted molar refractivity (Wildman–Crippen MR) is 113 cm³/mol. The number of ether oxygens (including phenoxy) is 2. The monoisotopic (exact) mass is 498 g/mol. The fraction of sp³-hybridized carbons (Fsp3) is 0.778. The van der Waals surface area contributed by atoms with Gasteiger partial charge in [-0.25, -0.2) is 0 Å². The van der Waals surface area contributed by atoms with Gasteiger partial charge in [0.1, 0.15) is 0 Å². The van der Waals surface area contributed by atoms with Crippen molar-refractivity contribution < 1.29 is 59.3 Å². The van der Waals surface area contributed by atoms with Crippen LogP contribution in [0.4, 0.5) is 0 Å². The molecule has 0 saturated carbocycles. The first-order valence-corrected chi connectivity index (χ1v) is 10.2. The topological polar surface area (TPSA) is 267 Å². The van der Waals surface area contributed by atoms with Crippen LogP contribution in [0, 0.1) is 0 Å². The number of aliphatic carboxylic acids is 4. The number of carboxylic acids is 4. The fourth-order valence-corrected chi connectivity index (χ4v) is 2.93. The van der Waals surface area contributed by atoms with Gasteiger partial charge in [0.25, 0.3) is 0 Å². The Balaban J connectivity index is 5.38. The maximum absolute atomic E-state index is 11.2.